The molecule has 0 saturated carbocycles. The highest BCUT2D eigenvalue weighted by Crippen LogP contribution is 2.34. The predicted molar refractivity (Wildman–Crippen MR) is 54.7 cm³/mol. The molecule has 0 atom stereocenters. The molecular weight excluding hydrogens is 164 g/mol. The van der Waals surface area contributed by atoms with Gasteiger partial charge in [-0.05, 0) is 32.6 Å². The molecular formula is C11H22O2. The minimum absolute atomic E-state index is 0.319. The third-order valence-electron chi connectivity index (χ3n) is 2.85. The van der Waals surface area contributed by atoms with Crippen molar-refractivity contribution in [1.82, 2.24) is 0 Å². The Balaban J connectivity index is 4.41. The summed E-state index contributed by atoms with van der Waals surface area (Å²) in [5.41, 5.74) is -0.563. The summed E-state index contributed by atoms with van der Waals surface area (Å²) in [4.78, 5) is 11.0. The van der Waals surface area contributed by atoms with Crippen LogP contribution in [-0.4, -0.2) is 11.1 Å². The predicted octanol–water partition coefficient (Wildman–Crippen LogP) is 3.31. The van der Waals surface area contributed by atoms with Gasteiger partial charge in [0.15, 0.2) is 0 Å². The standard InChI is InChI=1S/C11H22O2/c1-5-7-9(8-6-2)11(3,4)10(12)13/h9H,5-8H2,1-4H3,(H,12,13). The Morgan fingerprint density at radius 1 is 1.23 bits per heavy atom. The molecule has 2 nitrogen and oxygen atoms in total. The highest BCUT2D eigenvalue weighted by molar-refractivity contribution is 5.73. The lowest BCUT2D eigenvalue weighted by Gasteiger charge is -2.30. The van der Waals surface area contributed by atoms with E-state index in [1.165, 1.54) is 0 Å². The highest BCUT2D eigenvalue weighted by Gasteiger charge is 2.35. The van der Waals surface area contributed by atoms with Crippen molar-refractivity contribution in [3.8, 4) is 0 Å². The van der Waals surface area contributed by atoms with Crippen LogP contribution in [0.25, 0.3) is 0 Å². The van der Waals surface area contributed by atoms with Crippen LogP contribution in [0.1, 0.15) is 53.4 Å². The molecule has 0 rings (SSSR count). The lowest BCUT2D eigenvalue weighted by atomic mass is 9.74. The summed E-state index contributed by atoms with van der Waals surface area (Å²) in [6, 6.07) is 0. The summed E-state index contributed by atoms with van der Waals surface area (Å²) in [6.07, 6.45) is 4.18. The van der Waals surface area contributed by atoms with E-state index in [1.54, 1.807) is 0 Å². The van der Waals surface area contributed by atoms with Crippen molar-refractivity contribution >= 4 is 5.97 Å². The second kappa shape index (κ2) is 5.25. The summed E-state index contributed by atoms with van der Waals surface area (Å²) in [6.45, 7) is 7.90. The Morgan fingerprint density at radius 2 is 1.62 bits per heavy atom. The summed E-state index contributed by atoms with van der Waals surface area (Å²) in [5, 5.41) is 9.06. The monoisotopic (exact) mass is 186 g/mol. The molecule has 0 aliphatic rings. The zero-order valence-electron chi connectivity index (χ0n) is 9.26. The molecule has 13 heavy (non-hydrogen) atoms. The van der Waals surface area contributed by atoms with Gasteiger partial charge in [-0.25, -0.2) is 0 Å². The van der Waals surface area contributed by atoms with Gasteiger partial charge < -0.3 is 5.11 Å². The maximum atomic E-state index is 11.0. The molecule has 0 amide bonds. The highest BCUT2D eigenvalue weighted by atomic mass is 16.4. The minimum atomic E-state index is -0.667. The second-order valence-corrected chi connectivity index (χ2v) is 4.30. The number of carboxylic acid groups (broad SMARTS) is 1. The molecule has 2 heteroatoms. The lowest BCUT2D eigenvalue weighted by molar-refractivity contribution is -0.150. The first kappa shape index (κ1) is 12.5. The van der Waals surface area contributed by atoms with E-state index >= 15 is 0 Å². The van der Waals surface area contributed by atoms with Crippen molar-refractivity contribution in [1.29, 1.82) is 0 Å². The minimum Gasteiger partial charge on any atom is -0.481 e. The van der Waals surface area contributed by atoms with Crippen LogP contribution in [0.3, 0.4) is 0 Å². The Bertz CT molecular complexity index is 155. The average molecular weight is 186 g/mol. The summed E-state index contributed by atoms with van der Waals surface area (Å²) in [5.74, 6) is -0.348. The second-order valence-electron chi connectivity index (χ2n) is 4.30. The van der Waals surface area contributed by atoms with Crippen molar-refractivity contribution in [2.75, 3.05) is 0 Å². The number of carbonyl (C=O) groups is 1. The molecule has 0 radical (unpaired) electrons. The van der Waals surface area contributed by atoms with Crippen LogP contribution in [0.15, 0.2) is 0 Å². The number of carboxylic acids is 1. The van der Waals surface area contributed by atoms with E-state index in [4.69, 9.17) is 5.11 Å². The van der Waals surface area contributed by atoms with Gasteiger partial charge in [-0.2, -0.15) is 0 Å². The van der Waals surface area contributed by atoms with Crippen LogP contribution >= 0.6 is 0 Å². The van der Waals surface area contributed by atoms with Gasteiger partial charge in [-0.3, -0.25) is 4.79 Å². The zero-order valence-corrected chi connectivity index (χ0v) is 9.26. The Kier molecular flexibility index (Phi) is 5.04. The van der Waals surface area contributed by atoms with E-state index in [-0.39, 0.29) is 0 Å². The summed E-state index contributed by atoms with van der Waals surface area (Å²) >= 11 is 0. The SMILES string of the molecule is CCCC(CCC)C(C)(C)C(=O)O. The lowest BCUT2D eigenvalue weighted by Crippen LogP contribution is -2.32. The zero-order chi connectivity index (χ0) is 10.5. The number of hydrogen-bond donors (Lipinski definition) is 1. The average Bonchev–Trinajstić information content (AvgIpc) is 2.03. The first-order valence-corrected chi connectivity index (χ1v) is 5.20. The molecule has 0 bridgehead atoms. The van der Waals surface area contributed by atoms with E-state index in [9.17, 15) is 4.79 Å². The summed E-state index contributed by atoms with van der Waals surface area (Å²) in [7, 11) is 0. The number of aliphatic carboxylic acids is 1. The van der Waals surface area contributed by atoms with Crippen LogP contribution < -0.4 is 0 Å². The third kappa shape index (κ3) is 3.37. The third-order valence-corrected chi connectivity index (χ3v) is 2.85. The molecule has 0 unspecified atom stereocenters. The van der Waals surface area contributed by atoms with Crippen LogP contribution in [0.5, 0.6) is 0 Å². The van der Waals surface area contributed by atoms with Gasteiger partial charge >= 0.3 is 5.97 Å². The van der Waals surface area contributed by atoms with Crippen LogP contribution in [0, 0.1) is 11.3 Å². The van der Waals surface area contributed by atoms with Crippen molar-refractivity contribution in [2.45, 2.75) is 53.4 Å². The number of hydrogen-bond acceptors (Lipinski definition) is 1. The molecule has 0 heterocycles. The smallest absolute Gasteiger partial charge is 0.309 e. The van der Waals surface area contributed by atoms with E-state index in [0.717, 1.165) is 25.7 Å². The first-order chi connectivity index (χ1) is 5.96. The molecule has 0 aromatic rings. The summed E-state index contributed by atoms with van der Waals surface area (Å²) < 4.78 is 0. The normalized spacial score (nSPS) is 12.1. The van der Waals surface area contributed by atoms with E-state index in [1.807, 2.05) is 13.8 Å². The van der Waals surface area contributed by atoms with Gasteiger partial charge in [0, 0.05) is 0 Å². The van der Waals surface area contributed by atoms with Crippen LogP contribution in [0.4, 0.5) is 0 Å². The first-order valence-electron chi connectivity index (χ1n) is 5.20. The van der Waals surface area contributed by atoms with Gasteiger partial charge in [0.2, 0.25) is 0 Å². The molecule has 0 aliphatic heterocycles. The van der Waals surface area contributed by atoms with E-state index in [0.29, 0.717) is 5.92 Å². The van der Waals surface area contributed by atoms with Crippen LogP contribution in [-0.2, 0) is 4.79 Å². The molecule has 0 aliphatic carbocycles. The Labute approximate surface area is 81.3 Å². The van der Waals surface area contributed by atoms with E-state index < -0.39 is 11.4 Å². The van der Waals surface area contributed by atoms with Gasteiger partial charge in [0.25, 0.3) is 0 Å². The van der Waals surface area contributed by atoms with Gasteiger partial charge in [0.1, 0.15) is 0 Å². The quantitative estimate of drug-likeness (QED) is 0.691. The fourth-order valence-electron chi connectivity index (χ4n) is 1.74. The van der Waals surface area contributed by atoms with Gasteiger partial charge in [0.05, 0.1) is 5.41 Å². The van der Waals surface area contributed by atoms with Crippen molar-refractivity contribution < 1.29 is 9.90 Å². The van der Waals surface area contributed by atoms with Gasteiger partial charge in [-0.15, -0.1) is 0 Å². The van der Waals surface area contributed by atoms with E-state index in [2.05, 4.69) is 13.8 Å². The molecule has 0 aromatic carbocycles. The Hall–Kier alpha value is -0.530. The molecule has 1 N–H and O–H groups in total. The largest absolute Gasteiger partial charge is 0.481 e. The molecule has 0 spiro atoms. The molecule has 78 valence electrons. The maximum absolute atomic E-state index is 11.0. The van der Waals surface area contributed by atoms with Crippen molar-refractivity contribution in [3.63, 3.8) is 0 Å². The van der Waals surface area contributed by atoms with Crippen LogP contribution in [0.2, 0.25) is 0 Å². The Morgan fingerprint density at radius 3 is 1.85 bits per heavy atom. The molecule has 0 aromatic heterocycles. The molecule has 0 saturated heterocycles. The maximum Gasteiger partial charge on any atom is 0.309 e. The molecule has 0 fully saturated rings. The van der Waals surface area contributed by atoms with Crippen molar-refractivity contribution in [2.24, 2.45) is 11.3 Å². The topological polar surface area (TPSA) is 37.3 Å². The van der Waals surface area contributed by atoms with Gasteiger partial charge in [-0.1, -0.05) is 26.7 Å². The van der Waals surface area contributed by atoms with Crippen molar-refractivity contribution in [3.05, 3.63) is 0 Å². The fourth-order valence-corrected chi connectivity index (χ4v) is 1.74. The number of rotatable bonds is 6. The fraction of sp³-hybridized carbons (Fsp3) is 0.909.